The molecule has 1 fully saturated rings. The van der Waals surface area contributed by atoms with Gasteiger partial charge in [-0.15, -0.1) is 12.6 Å². The molecule has 0 saturated heterocycles. The molecule has 0 amide bonds. The highest BCUT2D eigenvalue weighted by Crippen LogP contribution is 2.58. The Labute approximate surface area is 170 Å². The van der Waals surface area contributed by atoms with Crippen molar-refractivity contribution in [1.29, 1.82) is 0 Å². The van der Waals surface area contributed by atoms with Gasteiger partial charge < -0.3 is 0 Å². The first-order valence-electron chi connectivity index (χ1n) is 9.76. The third-order valence-corrected chi connectivity index (χ3v) is 6.88. The molecule has 2 aliphatic carbocycles. The Bertz CT molecular complexity index is 967. The standard InChI is InChI=1S/C22H19BrS.C2H6/c23-14-8-9-17-18(12-14)22(10-4-1-5-11-22)19-13-20(24)15-6-2-3-7-16(15)21(17)19;1-2/h2-3,6-9,12-13,24H,1,4-5,10-11H2;1-2H3. The lowest BCUT2D eigenvalue weighted by Gasteiger charge is -2.36. The van der Waals surface area contributed by atoms with Crippen LogP contribution in [0.15, 0.2) is 57.9 Å². The molecule has 2 heteroatoms. The molecule has 26 heavy (non-hydrogen) atoms. The van der Waals surface area contributed by atoms with E-state index >= 15 is 0 Å². The van der Waals surface area contributed by atoms with E-state index in [4.69, 9.17) is 12.6 Å². The molecule has 0 aromatic heterocycles. The summed E-state index contributed by atoms with van der Waals surface area (Å²) in [6.45, 7) is 4.00. The quantitative estimate of drug-likeness (QED) is 0.345. The van der Waals surface area contributed by atoms with E-state index in [0.717, 1.165) is 4.90 Å². The van der Waals surface area contributed by atoms with Crippen LogP contribution < -0.4 is 0 Å². The largest absolute Gasteiger partial charge is 0.143 e. The van der Waals surface area contributed by atoms with E-state index in [1.165, 1.54) is 69.6 Å². The molecule has 134 valence electrons. The average Bonchev–Trinajstić information content (AvgIpc) is 2.94. The van der Waals surface area contributed by atoms with Gasteiger partial charge in [-0.2, -0.15) is 0 Å². The van der Waals surface area contributed by atoms with E-state index in [-0.39, 0.29) is 5.41 Å². The number of thiol groups is 1. The van der Waals surface area contributed by atoms with Crippen LogP contribution in [-0.4, -0.2) is 0 Å². The Hall–Kier alpha value is -1.25. The maximum atomic E-state index is 4.84. The maximum absolute atomic E-state index is 4.84. The van der Waals surface area contributed by atoms with Crippen LogP contribution in [0.4, 0.5) is 0 Å². The van der Waals surface area contributed by atoms with E-state index in [1.54, 1.807) is 0 Å². The van der Waals surface area contributed by atoms with Crippen molar-refractivity contribution in [3.63, 3.8) is 0 Å². The highest BCUT2D eigenvalue weighted by Gasteiger charge is 2.44. The zero-order chi connectivity index (χ0) is 18.3. The van der Waals surface area contributed by atoms with E-state index in [0.29, 0.717) is 0 Å². The second-order valence-corrected chi connectivity index (χ2v) is 8.59. The van der Waals surface area contributed by atoms with Crippen LogP contribution in [0.2, 0.25) is 0 Å². The predicted molar refractivity (Wildman–Crippen MR) is 120 cm³/mol. The van der Waals surface area contributed by atoms with E-state index < -0.39 is 0 Å². The smallest absolute Gasteiger partial charge is 0.0216 e. The van der Waals surface area contributed by atoms with E-state index in [2.05, 4.69) is 64.5 Å². The van der Waals surface area contributed by atoms with Crippen molar-refractivity contribution in [1.82, 2.24) is 0 Å². The molecule has 1 saturated carbocycles. The van der Waals surface area contributed by atoms with Gasteiger partial charge in [-0.25, -0.2) is 0 Å². The fourth-order valence-corrected chi connectivity index (χ4v) is 5.68. The Balaban J connectivity index is 0.000000814. The lowest BCUT2D eigenvalue weighted by atomic mass is 9.68. The second kappa shape index (κ2) is 7.05. The maximum Gasteiger partial charge on any atom is 0.0216 e. The van der Waals surface area contributed by atoms with Gasteiger partial charge in [0.25, 0.3) is 0 Å². The molecule has 0 heterocycles. The summed E-state index contributed by atoms with van der Waals surface area (Å²) in [5.41, 5.74) is 6.11. The van der Waals surface area contributed by atoms with Crippen LogP contribution in [0.1, 0.15) is 57.1 Å². The number of halogens is 1. The molecule has 1 spiro atoms. The summed E-state index contributed by atoms with van der Waals surface area (Å²) in [5, 5.41) is 2.62. The van der Waals surface area contributed by atoms with Crippen molar-refractivity contribution in [3.8, 4) is 11.1 Å². The normalized spacial score (nSPS) is 16.8. The molecule has 0 nitrogen and oxygen atoms in total. The molecular formula is C24H25BrS. The summed E-state index contributed by atoms with van der Waals surface area (Å²) >= 11 is 8.55. The zero-order valence-corrected chi connectivity index (χ0v) is 18.0. The van der Waals surface area contributed by atoms with Crippen LogP contribution in [0.3, 0.4) is 0 Å². The van der Waals surface area contributed by atoms with Crippen LogP contribution >= 0.6 is 28.6 Å². The van der Waals surface area contributed by atoms with Gasteiger partial charge in [0, 0.05) is 14.8 Å². The Morgan fingerprint density at radius 2 is 1.54 bits per heavy atom. The third kappa shape index (κ3) is 2.57. The van der Waals surface area contributed by atoms with Crippen LogP contribution in [0, 0.1) is 0 Å². The summed E-state index contributed by atoms with van der Waals surface area (Å²) in [6, 6.07) is 18.0. The van der Waals surface area contributed by atoms with E-state index in [9.17, 15) is 0 Å². The molecule has 3 aromatic rings. The average molecular weight is 425 g/mol. The molecule has 0 N–H and O–H groups in total. The van der Waals surface area contributed by atoms with Crippen LogP contribution in [0.5, 0.6) is 0 Å². The predicted octanol–water partition coefficient (Wildman–Crippen LogP) is 8.15. The molecule has 0 atom stereocenters. The summed E-state index contributed by atoms with van der Waals surface area (Å²) in [4.78, 5) is 1.11. The first kappa shape index (κ1) is 18.1. The summed E-state index contributed by atoms with van der Waals surface area (Å²) in [6.07, 6.45) is 6.52. The van der Waals surface area contributed by atoms with Crippen molar-refractivity contribution < 1.29 is 0 Å². The highest BCUT2D eigenvalue weighted by molar-refractivity contribution is 9.10. The van der Waals surface area contributed by atoms with Crippen molar-refractivity contribution in [2.24, 2.45) is 0 Å². The van der Waals surface area contributed by atoms with Gasteiger partial charge in [-0.1, -0.05) is 79.4 Å². The lowest BCUT2D eigenvalue weighted by Crippen LogP contribution is -2.28. The molecule has 2 aliphatic rings. The van der Waals surface area contributed by atoms with Crippen LogP contribution in [-0.2, 0) is 5.41 Å². The van der Waals surface area contributed by atoms with Gasteiger partial charge in [-0.3, -0.25) is 0 Å². The minimum atomic E-state index is 0.189. The summed E-state index contributed by atoms with van der Waals surface area (Å²) in [5.74, 6) is 0. The lowest BCUT2D eigenvalue weighted by molar-refractivity contribution is 0.352. The molecule has 5 rings (SSSR count). The first-order chi connectivity index (χ1) is 12.7. The van der Waals surface area contributed by atoms with Crippen LogP contribution in [0.25, 0.3) is 21.9 Å². The van der Waals surface area contributed by atoms with Crippen molar-refractivity contribution >= 4 is 39.3 Å². The molecule has 0 aliphatic heterocycles. The van der Waals surface area contributed by atoms with Gasteiger partial charge in [0.15, 0.2) is 0 Å². The highest BCUT2D eigenvalue weighted by atomic mass is 79.9. The topological polar surface area (TPSA) is 0 Å². The van der Waals surface area contributed by atoms with Gasteiger partial charge in [0.2, 0.25) is 0 Å². The van der Waals surface area contributed by atoms with E-state index in [1.807, 2.05) is 13.8 Å². The summed E-state index contributed by atoms with van der Waals surface area (Å²) < 4.78 is 1.19. The Morgan fingerprint density at radius 1 is 0.846 bits per heavy atom. The molecule has 3 aromatic carbocycles. The SMILES string of the molecule is CC.Sc1cc2c(c3ccccc13)-c1ccc(Br)cc1C21CCCCC1. The molecular weight excluding hydrogens is 400 g/mol. The second-order valence-electron chi connectivity index (χ2n) is 7.20. The minimum Gasteiger partial charge on any atom is -0.143 e. The molecule has 0 unspecified atom stereocenters. The van der Waals surface area contributed by atoms with Gasteiger partial charge in [-0.05, 0) is 64.1 Å². The van der Waals surface area contributed by atoms with Crippen molar-refractivity contribution in [2.75, 3.05) is 0 Å². The first-order valence-corrected chi connectivity index (χ1v) is 11.0. The molecule has 0 radical (unpaired) electrons. The van der Waals surface area contributed by atoms with Gasteiger partial charge in [0.05, 0.1) is 0 Å². The number of hydrogen-bond acceptors (Lipinski definition) is 1. The minimum absolute atomic E-state index is 0.189. The summed E-state index contributed by atoms with van der Waals surface area (Å²) in [7, 11) is 0. The third-order valence-electron chi connectivity index (χ3n) is 6.01. The Morgan fingerprint density at radius 3 is 2.27 bits per heavy atom. The fraction of sp³-hybridized carbons (Fsp3) is 0.333. The molecule has 0 bridgehead atoms. The van der Waals surface area contributed by atoms with Crippen molar-refractivity contribution in [2.45, 2.75) is 56.3 Å². The Kier molecular flexibility index (Phi) is 4.92. The van der Waals surface area contributed by atoms with Gasteiger partial charge >= 0.3 is 0 Å². The van der Waals surface area contributed by atoms with Gasteiger partial charge in [0.1, 0.15) is 0 Å². The fourth-order valence-electron chi connectivity index (χ4n) is 4.99. The number of hydrogen-bond donors (Lipinski definition) is 1. The number of rotatable bonds is 0. The van der Waals surface area contributed by atoms with Crippen molar-refractivity contribution in [3.05, 3.63) is 64.1 Å². The number of fused-ring (bicyclic) bond motifs is 7. The monoisotopic (exact) mass is 424 g/mol. The number of benzene rings is 3. The zero-order valence-electron chi connectivity index (χ0n) is 15.5.